The van der Waals surface area contributed by atoms with E-state index in [9.17, 15) is 23.5 Å². The van der Waals surface area contributed by atoms with Gasteiger partial charge in [0, 0.05) is 6.61 Å². The summed E-state index contributed by atoms with van der Waals surface area (Å²) in [6.07, 6.45) is -3.10. The SMILES string of the molecule is N#CC1(C2(O)CCCC(C(F)(F)F)C2)CCCOC1. The molecule has 2 aliphatic rings. The summed E-state index contributed by atoms with van der Waals surface area (Å²) >= 11 is 0. The van der Waals surface area contributed by atoms with Crippen molar-refractivity contribution in [1.82, 2.24) is 0 Å². The van der Waals surface area contributed by atoms with Gasteiger partial charge in [0.25, 0.3) is 0 Å². The topological polar surface area (TPSA) is 53.2 Å². The van der Waals surface area contributed by atoms with Crippen molar-refractivity contribution >= 4 is 0 Å². The van der Waals surface area contributed by atoms with Crippen LogP contribution >= 0.6 is 0 Å². The van der Waals surface area contributed by atoms with Crippen LogP contribution in [-0.4, -0.2) is 30.1 Å². The Balaban J connectivity index is 2.23. The Bertz CT molecular complexity index is 371. The van der Waals surface area contributed by atoms with Crippen molar-refractivity contribution in [3.05, 3.63) is 0 Å². The Hall–Kier alpha value is -0.800. The van der Waals surface area contributed by atoms with E-state index in [1.165, 1.54) is 0 Å². The summed E-state index contributed by atoms with van der Waals surface area (Å²) in [7, 11) is 0. The van der Waals surface area contributed by atoms with Gasteiger partial charge in [-0.1, -0.05) is 0 Å². The van der Waals surface area contributed by atoms with Crippen LogP contribution in [0.5, 0.6) is 0 Å². The lowest BCUT2D eigenvalue weighted by molar-refractivity contribution is -0.220. The number of hydrogen-bond donors (Lipinski definition) is 1. The predicted molar refractivity (Wildman–Crippen MR) is 61.1 cm³/mol. The second-order valence-corrected chi connectivity index (χ2v) is 5.72. The van der Waals surface area contributed by atoms with Crippen molar-refractivity contribution in [3.8, 4) is 6.07 Å². The maximum atomic E-state index is 12.9. The standard InChI is InChI=1S/C13H18F3NO2/c14-13(15,16)10-3-1-5-12(18,7-10)11(8-17)4-2-6-19-9-11/h10,18H,1-7,9H2. The monoisotopic (exact) mass is 277 g/mol. The molecule has 1 heterocycles. The third-order valence-electron chi connectivity index (χ3n) is 4.54. The molecule has 1 aliphatic carbocycles. The van der Waals surface area contributed by atoms with E-state index in [2.05, 4.69) is 6.07 Å². The highest BCUT2D eigenvalue weighted by Gasteiger charge is 2.57. The first-order valence-corrected chi connectivity index (χ1v) is 6.61. The van der Waals surface area contributed by atoms with Crippen molar-refractivity contribution < 1.29 is 23.0 Å². The lowest BCUT2D eigenvalue weighted by atomic mass is 9.61. The summed E-state index contributed by atoms with van der Waals surface area (Å²) in [5.41, 5.74) is -2.77. The Morgan fingerprint density at radius 1 is 1.26 bits per heavy atom. The molecule has 1 saturated heterocycles. The zero-order chi connectivity index (χ0) is 14.1. The molecule has 2 fully saturated rings. The van der Waals surface area contributed by atoms with Gasteiger partial charge < -0.3 is 9.84 Å². The zero-order valence-corrected chi connectivity index (χ0v) is 10.7. The van der Waals surface area contributed by atoms with Gasteiger partial charge in [-0.2, -0.15) is 18.4 Å². The molecule has 108 valence electrons. The molecule has 0 amide bonds. The van der Waals surface area contributed by atoms with E-state index in [4.69, 9.17) is 4.74 Å². The molecular formula is C13H18F3NO2. The molecule has 0 bridgehead atoms. The third kappa shape index (κ3) is 2.59. The van der Waals surface area contributed by atoms with E-state index in [-0.39, 0.29) is 25.9 Å². The minimum absolute atomic E-state index is 0.0323. The van der Waals surface area contributed by atoms with Gasteiger partial charge >= 0.3 is 6.18 Å². The Morgan fingerprint density at radius 2 is 2.00 bits per heavy atom. The van der Waals surface area contributed by atoms with Gasteiger partial charge in [0.05, 0.1) is 24.2 Å². The second kappa shape index (κ2) is 4.95. The predicted octanol–water partition coefficient (Wildman–Crippen LogP) is 2.79. The van der Waals surface area contributed by atoms with E-state index >= 15 is 0 Å². The largest absolute Gasteiger partial charge is 0.391 e. The first-order valence-electron chi connectivity index (χ1n) is 6.61. The van der Waals surface area contributed by atoms with Gasteiger partial charge in [-0.25, -0.2) is 0 Å². The Kier molecular flexibility index (Phi) is 3.80. The molecule has 1 N–H and O–H groups in total. The fourth-order valence-electron chi connectivity index (χ4n) is 3.32. The Morgan fingerprint density at radius 3 is 2.53 bits per heavy atom. The first kappa shape index (κ1) is 14.6. The maximum Gasteiger partial charge on any atom is 0.391 e. The molecule has 3 nitrogen and oxygen atoms in total. The number of alkyl halides is 3. The summed E-state index contributed by atoms with van der Waals surface area (Å²) in [4.78, 5) is 0. The van der Waals surface area contributed by atoms with Gasteiger partial charge in [0.1, 0.15) is 5.41 Å². The highest BCUT2D eigenvalue weighted by molar-refractivity contribution is 5.14. The number of ether oxygens (including phenoxy) is 1. The molecule has 3 atom stereocenters. The van der Waals surface area contributed by atoms with Gasteiger partial charge in [0.2, 0.25) is 0 Å². The van der Waals surface area contributed by atoms with Crippen LogP contribution in [0.1, 0.15) is 38.5 Å². The van der Waals surface area contributed by atoms with Gasteiger partial charge in [-0.15, -0.1) is 0 Å². The molecule has 3 unspecified atom stereocenters. The summed E-state index contributed by atoms with van der Waals surface area (Å²) < 4.78 is 43.8. The van der Waals surface area contributed by atoms with Crippen molar-refractivity contribution in [2.75, 3.05) is 13.2 Å². The molecule has 6 heteroatoms. The summed E-state index contributed by atoms with van der Waals surface area (Å²) in [6.45, 7) is 0.535. The van der Waals surface area contributed by atoms with E-state index < -0.39 is 23.1 Å². The first-order chi connectivity index (χ1) is 8.83. The van der Waals surface area contributed by atoms with Crippen molar-refractivity contribution in [3.63, 3.8) is 0 Å². The van der Waals surface area contributed by atoms with E-state index in [0.717, 1.165) is 0 Å². The van der Waals surface area contributed by atoms with Crippen LogP contribution in [0.4, 0.5) is 13.2 Å². The minimum Gasteiger partial charge on any atom is -0.388 e. The number of nitriles is 1. The van der Waals surface area contributed by atoms with Crippen LogP contribution in [-0.2, 0) is 4.74 Å². The zero-order valence-electron chi connectivity index (χ0n) is 10.7. The normalized spacial score (nSPS) is 40.7. The lowest BCUT2D eigenvalue weighted by Crippen LogP contribution is -2.55. The fraction of sp³-hybridized carbons (Fsp3) is 0.923. The third-order valence-corrected chi connectivity index (χ3v) is 4.54. The molecule has 2 rings (SSSR count). The highest BCUT2D eigenvalue weighted by atomic mass is 19.4. The van der Waals surface area contributed by atoms with Gasteiger partial charge in [-0.05, 0) is 38.5 Å². The molecule has 0 aromatic rings. The number of hydrogen-bond acceptors (Lipinski definition) is 3. The molecule has 0 radical (unpaired) electrons. The van der Waals surface area contributed by atoms with E-state index in [1.54, 1.807) is 0 Å². The molecule has 0 aromatic heterocycles. The van der Waals surface area contributed by atoms with Gasteiger partial charge in [-0.3, -0.25) is 0 Å². The minimum atomic E-state index is -4.30. The van der Waals surface area contributed by atoms with Crippen LogP contribution < -0.4 is 0 Å². The molecule has 0 aromatic carbocycles. The molecule has 1 saturated carbocycles. The van der Waals surface area contributed by atoms with Crippen LogP contribution in [0, 0.1) is 22.7 Å². The average Bonchev–Trinajstić information content (AvgIpc) is 2.38. The number of aliphatic hydroxyl groups is 1. The molecular weight excluding hydrogens is 259 g/mol. The molecule has 0 spiro atoms. The Labute approximate surface area is 110 Å². The number of halogens is 3. The van der Waals surface area contributed by atoms with Crippen molar-refractivity contribution in [2.24, 2.45) is 11.3 Å². The van der Waals surface area contributed by atoms with Gasteiger partial charge in [0.15, 0.2) is 0 Å². The van der Waals surface area contributed by atoms with Crippen molar-refractivity contribution in [2.45, 2.75) is 50.3 Å². The number of nitrogens with zero attached hydrogens (tertiary/aromatic N) is 1. The maximum absolute atomic E-state index is 12.9. The van der Waals surface area contributed by atoms with Crippen molar-refractivity contribution in [1.29, 1.82) is 5.26 Å². The van der Waals surface area contributed by atoms with Crippen LogP contribution in [0.3, 0.4) is 0 Å². The van der Waals surface area contributed by atoms with Crippen LogP contribution in [0.25, 0.3) is 0 Å². The highest BCUT2D eigenvalue weighted by Crippen LogP contribution is 2.51. The quantitative estimate of drug-likeness (QED) is 0.801. The van der Waals surface area contributed by atoms with Crippen LogP contribution in [0.2, 0.25) is 0 Å². The smallest absolute Gasteiger partial charge is 0.388 e. The summed E-state index contributed by atoms with van der Waals surface area (Å²) in [6, 6.07) is 2.06. The lowest BCUT2D eigenvalue weighted by Gasteiger charge is -2.48. The average molecular weight is 277 g/mol. The molecule has 1 aliphatic heterocycles. The second-order valence-electron chi connectivity index (χ2n) is 5.72. The summed E-state index contributed by atoms with van der Waals surface area (Å²) in [5.74, 6) is -1.52. The number of rotatable bonds is 1. The molecule has 19 heavy (non-hydrogen) atoms. The summed E-state index contributed by atoms with van der Waals surface area (Å²) in [5, 5.41) is 20.1. The van der Waals surface area contributed by atoms with Crippen LogP contribution in [0.15, 0.2) is 0 Å². The fourth-order valence-corrected chi connectivity index (χ4v) is 3.32. The van der Waals surface area contributed by atoms with E-state index in [0.29, 0.717) is 25.9 Å². The van der Waals surface area contributed by atoms with E-state index in [1.807, 2.05) is 0 Å².